The number of primary sulfonamides is 1. The highest BCUT2D eigenvalue weighted by Gasteiger charge is 2.21. The van der Waals surface area contributed by atoms with Crippen molar-refractivity contribution in [2.45, 2.75) is 17.4 Å². The molecule has 0 aliphatic heterocycles. The Labute approximate surface area is 210 Å². The molecule has 0 saturated heterocycles. The summed E-state index contributed by atoms with van der Waals surface area (Å²) in [6, 6.07) is 8.45. The molecule has 4 amide bonds. The number of carboxylic acid groups (broad SMARTS) is 1. The number of carboxylic acids is 1. The van der Waals surface area contributed by atoms with Crippen LogP contribution in [-0.2, 0) is 35.6 Å². The molecular formula is C22H24FN5O8S. The summed E-state index contributed by atoms with van der Waals surface area (Å²) in [5.74, 6) is -4.76. The van der Waals surface area contributed by atoms with Crippen LogP contribution in [0.25, 0.3) is 0 Å². The van der Waals surface area contributed by atoms with Crippen LogP contribution in [0, 0.1) is 5.82 Å². The molecular weight excluding hydrogens is 513 g/mol. The summed E-state index contributed by atoms with van der Waals surface area (Å²) in [7, 11) is -3.92. The highest BCUT2D eigenvalue weighted by Crippen LogP contribution is 2.08. The minimum Gasteiger partial charge on any atom is -0.480 e. The van der Waals surface area contributed by atoms with Gasteiger partial charge >= 0.3 is 5.97 Å². The SMILES string of the molecule is NS(=O)(=O)c1ccc(C(=O)NCC(=O)NCC(=O)NCC(=O)N[C@@H](Cc2ccc(F)cc2)C(=O)O)cc1. The number of hydrogen-bond acceptors (Lipinski definition) is 7. The molecule has 37 heavy (non-hydrogen) atoms. The van der Waals surface area contributed by atoms with Crippen molar-refractivity contribution in [3.63, 3.8) is 0 Å². The van der Waals surface area contributed by atoms with Gasteiger partial charge in [0.1, 0.15) is 11.9 Å². The summed E-state index contributed by atoms with van der Waals surface area (Å²) in [6.45, 7) is -1.58. The Morgan fingerprint density at radius 2 is 1.32 bits per heavy atom. The van der Waals surface area contributed by atoms with Crippen LogP contribution >= 0.6 is 0 Å². The molecule has 0 saturated carbocycles. The molecule has 0 bridgehead atoms. The van der Waals surface area contributed by atoms with E-state index in [2.05, 4.69) is 21.3 Å². The molecule has 2 rings (SSSR count). The van der Waals surface area contributed by atoms with E-state index in [9.17, 15) is 41.9 Å². The topological polar surface area (TPSA) is 214 Å². The molecule has 1 atom stereocenters. The average Bonchev–Trinajstić information content (AvgIpc) is 2.85. The number of benzene rings is 2. The smallest absolute Gasteiger partial charge is 0.326 e. The van der Waals surface area contributed by atoms with Gasteiger partial charge in [0.25, 0.3) is 5.91 Å². The summed E-state index contributed by atoms with van der Waals surface area (Å²) < 4.78 is 35.4. The Kier molecular flexibility index (Phi) is 10.2. The van der Waals surface area contributed by atoms with Gasteiger partial charge in [0.15, 0.2) is 0 Å². The highest BCUT2D eigenvalue weighted by molar-refractivity contribution is 7.89. The van der Waals surface area contributed by atoms with Crippen molar-refractivity contribution in [2.24, 2.45) is 5.14 Å². The van der Waals surface area contributed by atoms with Gasteiger partial charge in [0, 0.05) is 12.0 Å². The van der Waals surface area contributed by atoms with Crippen LogP contribution in [0.3, 0.4) is 0 Å². The zero-order valence-corrected chi connectivity index (χ0v) is 20.0. The third kappa shape index (κ3) is 10.0. The van der Waals surface area contributed by atoms with Crippen molar-refractivity contribution in [3.8, 4) is 0 Å². The normalized spacial score (nSPS) is 11.6. The Balaban J connectivity index is 1.71. The zero-order valence-electron chi connectivity index (χ0n) is 19.2. The first-order valence-electron chi connectivity index (χ1n) is 10.6. The third-order valence-electron chi connectivity index (χ3n) is 4.73. The molecule has 0 aromatic heterocycles. The minimum atomic E-state index is -3.92. The first-order chi connectivity index (χ1) is 17.3. The fourth-order valence-electron chi connectivity index (χ4n) is 2.84. The molecule has 7 N–H and O–H groups in total. The third-order valence-corrected chi connectivity index (χ3v) is 5.66. The fraction of sp³-hybridized carbons (Fsp3) is 0.227. The predicted molar refractivity (Wildman–Crippen MR) is 126 cm³/mol. The summed E-state index contributed by atoms with van der Waals surface area (Å²) in [4.78, 5) is 59.0. The highest BCUT2D eigenvalue weighted by atomic mass is 32.2. The van der Waals surface area contributed by atoms with E-state index in [-0.39, 0.29) is 16.9 Å². The Morgan fingerprint density at radius 1 is 0.811 bits per heavy atom. The lowest BCUT2D eigenvalue weighted by Crippen LogP contribution is -2.48. The van der Waals surface area contributed by atoms with Gasteiger partial charge in [0.2, 0.25) is 27.7 Å². The second-order valence-electron chi connectivity index (χ2n) is 7.59. The number of aliphatic carboxylic acids is 1. The van der Waals surface area contributed by atoms with E-state index in [0.29, 0.717) is 5.56 Å². The molecule has 13 nitrogen and oxygen atoms in total. The molecule has 15 heteroatoms. The lowest BCUT2D eigenvalue weighted by atomic mass is 10.1. The number of halogens is 1. The lowest BCUT2D eigenvalue weighted by Gasteiger charge is -2.15. The summed E-state index contributed by atoms with van der Waals surface area (Å²) in [5.41, 5.74) is 0.552. The Hall–Kier alpha value is -4.37. The average molecular weight is 538 g/mol. The van der Waals surface area contributed by atoms with Gasteiger partial charge in [0.05, 0.1) is 24.5 Å². The maximum atomic E-state index is 13.0. The van der Waals surface area contributed by atoms with Gasteiger partial charge in [-0.3, -0.25) is 19.2 Å². The van der Waals surface area contributed by atoms with Crippen molar-refractivity contribution in [1.29, 1.82) is 0 Å². The van der Waals surface area contributed by atoms with Crippen molar-refractivity contribution in [3.05, 3.63) is 65.5 Å². The lowest BCUT2D eigenvalue weighted by molar-refractivity contribution is -0.141. The largest absolute Gasteiger partial charge is 0.480 e. The number of carbonyl (C=O) groups is 5. The number of carbonyl (C=O) groups excluding carboxylic acids is 4. The Morgan fingerprint density at radius 3 is 1.84 bits per heavy atom. The van der Waals surface area contributed by atoms with E-state index in [1.807, 2.05) is 0 Å². The number of hydrogen-bond donors (Lipinski definition) is 6. The van der Waals surface area contributed by atoms with Crippen LogP contribution in [0.1, 0.15) is 15.9 Å². The van der Waals surface area contributed by atoms with Crippen molar-refractivity contribution >= 4 is 39.6 Å². The molecule has 0 aliphatic rings. The maximum absolute atomic E-state index is 13.0. The van der Waals surface area contributed by atoms with E-state index < -0.39 is 71.1 Å². The van der Waals surface area contributed by atoms with E-state index >= 15 is 0 Å². The molecule has 0 heterocycles. The standard InChI is InChI=1S/C22H24FN5O8S/c23-15-5-1-13(2-6-15)9-17(22(33)34)28-20(31)12-26-18(29)10-25-19(30)11-27-21(32)14-3-7-16(8-4-14)37(24,35)36/h1-8,17H,9-12H2,(H,25,30)(H,26,29)(H,27,32)(H,28,31)(H,33,34)(H2,24,35,36)/t17-/m0/s1. The van der Waals surface area contributed by atoms with E-state index in [4.69, 9.17) is 5.14 Å². The number of amides is 4. The van der Waals surface area contributed by atoms with Gasteiger partial charge in [-0.1, -0.05) is 12.1 Å². The molecule has 2 aromatic carbocycles. The molecule has 0 aliphatic carbocycles. The number of sulfonamides is 1. The van der Waals surface area contributed by atoms with E-state index in [1.165, 1.54) is 24.3 Å². The van der Waals surface area contributed by atoms with E-state index in [1.54, 1.807) is 0 Å². The van der Waals surface area contributed by atoms with Gasteiger partial charge in [-0.2, -0.15) is 0 Å². The monoisotopic (exact) mass is 537 g/mol. The van der Waals surface area contributed by atoms with Gasteiger partial charge in [-0.05, 0) is 42.0 Å². The molecule has 0 unspecified atom stereocenters. The van der Waals surface area contributed by atoms with Crippen LogP contribution in [0.2, 0.25) is 0 Å². The first-order valence-corrected chi connectivity index (χ1v) is 12.1. The van der Waals surface area contributed by atoms with Crippen LogP contribution in [0.5, 0.6) is 0 Å². The molecule has 0 radical (unpaired) electrons. The number of nitrogens with two attached hydrogens (primary N) is 1. The fourth-order valence-corrected chi connectivity index (χ4v) is 3.36. The number of nitrogens with one attached hydrogen (secondary N) is 4. The van der Waals surface area contributed by atoms with Gasteiger partial charge < -0.3 is 26.4 Å². The minimum absolute atomic E-state index is 0.0723. The molecule has 0 spiro atoms. The number of rotatable bonds is 12. The van der Waals surface area contributed by atoms with Crippen LogP contribution in [-0.4, -0.2) is 68.8 Å². The van der Waals surface area contributed by atoms with Gasteiger partial charge in [-0.15, -0.1) is 0 Å². The van der Waals surface area contributed by atoms with E-state index in [0.717, 1.165) is 24.3 Å². The zero-order chi connectivity index (χ0) is 27.6. The predicted octanol–water partition coefficient (Wildman–Crippen LogP) is -1.75. The second kappa shape index (κ2) is 13.1. The quantitative estimate of drug-likeness (QED) is 0.182. The second-order valence-corrected chi connectivity index (χ2v) is 9.16. The Bertz CT molecular complexity index is 1270. The van der Waals surface area contributed by atoms with Crippen molar-refractivity contribution < 1.29 is 41.9 Å². The summed E-state index contributed by atoms with van der Waals surface area (Å²) in [5, 5.41) is 23.2. The van der Waals surface area contributed by atoms with Crippen LogP contribution in [0.15, 0.2) is 53.4 Å². The summed E-state index contributed by atoms with van der Waals surface area (Å²) in [6.07, 6.45) is -0.104. The summed E-state index contributed by atoms with van der Waals surface area (Å²) >= 11 is 0. The molecule has 2 aromatic rings. The van der Waals surface area contributed by atoms with Crippen molar-refractivity contribution in [1.82, 2.24) is 21.3 Å². The van der Waals surface area contributed by atoms with Crippen LogP contribution in [0.4, 0.5) is 4.39 Å². The van der Waals surface area contributed by atoms with Crippen molar-refractivity contribution in [2.75, 3.05) is 19.6 Å². The van der Waals surface area contributed by atoms with Crippen LogP contribution < -0.4 is 26.4 Å². The maximum Gasteiger partial charge on any atom is 0.326 e. The van der Waals surface area contributed by atoms with Gasteiger partial charge in [-0.25, -0.2) is 22.7 Å². The molecule has 198 valence electrons. The molecule has 0 fully saturated rings. The first kappa shape index (κ1) is 28.9.